The van der Waals surface area contributed by atoms with Crippen LogP contribution in [0.5, 0.6) is 0 Å². The van der Waals surface area contributed by atoms with Gasteiger partial charge in [0.25, 0.3) is 0 Å². The third-order valence-corrected chi connectivity index (χ3v) is 26.6. The summed E-state index contributed by atoms with van der Waals surface area (Å²) in [5, 5.41) is 9.27. The van der Waals surface area contributed by atoms with E-state index >= 15 is 0 Å². The van der Waals surface area contributed by atoms with Crippen LogP contribution in [0.4, 0.5) is 34.1 Å². The molecule has 0 fully saturated rings. The van der Waals surface area contributed by atoms with Gasteiger partial charge in [-0.3, -0.25) is 0 Å². The largest absolute Gasteiger partial charge is 0.455 e. The highest BCUT2D eigenvalue weighted by Gasteiger charge is 2.39. The van der Waals surface area contributed by atoms with Gasteiger partial charge in [0.05, 0.1) is 11.4 Å². The lowest BCUT2D eigenvalue weighted by Crippen LogP contribution is -2.17. The average molecular weight is 1610 g/mol. The van der Waals surface area contributed by atoms with E-state index < -0.39 is 0 Å². The maximum Gasteiger partial charge on any atom is 0.143 e. The summed E-state index contributed by atoms with van der Waals surface area (Å²) in [7, 11) is 0. The second kappa shape index (κ2) is 30.6. The van der Waals surface area contributed by atoms with E-state index in [1.54, 1.807) is 0 Å². The van der Waals surface area contributed by atoms with Gasteiger partial charge >= 0.3 is 0 Å². The second-order valence-electron chi connectivity index (χ2n) is 34.5. The van der Waals surface area contributed by atoms with Gasteiger partial charge in [0, 0.05) is 77.0 Å². The van der Waals surface area contributed by atoms with Crippen LogP contribution in [0.3, 0.4) is 0 Å². The van der Waals surface area contributed by atoms with Gasteiger partial charge in [-0.2, -0.15) is 0 Å². The first-order chi connectivity index (χ1) is 62.0. The Hall–Kier alpha value is -15.9. The van der Waals surface area contributed by atoms with E-state index in [0.717, 1.165) is 100 Å². The molecule has 0 unspecified atom stereocenters. The van der Waals surface area contributed by atoms with Crippen LogP contribution in [0.2, 0.25) is 0 Å². The minimum atomic E-state index is -0.204. The van der Waals surface area contributed by atoms with E-state index in [1.807, 2.05) is 18.2 Å². The zero-order valence-electron chi connectivity index (χ0n) is 70.4. The summed E-state index contributed by atoms with van der Waals surface area (Å²) in [6.45, 7) is 9.51. The number of hydrogen-bond donors (Lipinski definition) is 0. The van der Waals surface area contributed by atoms with Crippen molar-refractivity contribution in [3.8, 4) is 111 Å². The van der Waals surface area contributed by atoms with Crippen molar-refractivity contribution in [3.05, 3.63) is 471 Å². The summed E-state index contributed by atoms with van der Waals surface area (Å²) in [5.41, 5.74) is 39.5. The van der Waals surface area contributed by atoms with E-state index in [1.165, 1.54) is 133 Å². The van der Waals surface area contributed by atoms with Crippen molar-refractivity contribution < 1.29 is 8.83 Å². The fourth-order valence-corrected chi connectivity index (χ4v) is 20.1. The van der Waals surface area contributed by atoms with E-state index in [9.17, 15) is 0 Å². The lowest BCUT2D eigenvalue weighted by Gasteiger charge is -2.29. The normalized spacial score (nSPS) is 12.7. The van der Waals surface area contributed by atoms with Crippen LogP contribution in [-0.4, -0.2) is 0 Å². The number of rotatable bonds is 14. The molecule has 0 spiro atoms. The molecule has 4 nitrogen and oxygen atoms in total. The Kier molecular flexibility index (Phi) is 18.3. The molecular formula is C122H86N2O2. The molecule has 0 aliphatic heterocycles. The molecule has 0 atom stereocenters. The fourth-order valence-electron chi connectivity index (χ4n) is 20.1. The molecule has 2 heterocycles. The van der Waals surface area contributed by atoms with Crippen LogP contribution >= 0.6 is 0 Å². The lowest BCUT2D eigenvalue weighted by molar-refractivity contribution is 0.660. The number of anilines is 6. The van der Waals surface area contributed by atoms with Crippen molar-refractivity contribution in [1.82, 2.24) is 0 Å². The Morgan fingerprint density at radius 2 is 0.437 bits per heavy atom. The van der Waals surface area contributed by atoms with Crippen LogP contribution in [0.15, 0.2) is 458 Å². The highest BCUT2D eigenvalue weighted by atomic mass is 16.3. The van der Waals surface area contributed by atoms with E-state index in [0.29, 0.717) is 0 Å². The van der Waals surface area contributed by atoms with Crippen LogP contribution in [-0.2, 0) is 10.8 Å². The van der Waals surface area contributed by atoms with Crippen molar-refractivity contribution in [2.75, 3.05) is 9.80 Å². The number of nitrogens with zero attached hydrogens (tertiary/aromatic N) is 2. The summed E-state index contributed by atoms with van der Waals surface area (Å²) in [6.07, 6.45) is 0. The van der Waals surface area contributed by atoms with Crippen molar-refractivity contribution in [2.45, 2.75) is 38.5 Å². The Morgan fingerprint density at radius 1 is 0.167 bits per heavy atom. The minimum absolute atomic E-state index is 0.204. The summed E-state index contributed by atoms with van der Waals surface area (Å²) < 4.78 is 13.1. The van der Waals surface area contributed by atoms with Gasteiger partial charge in [-0.25, -0.2) is 0 Å². The quantitative estimate of drug-likeness (QED) is 0.109. The maximum absolute atomic E-state index is 6.59. The number of fused-ring (bicyclic) bond motifs is 14. The van der Waals surface area contributed by atoms with Gasteiger partial charge in [0.15, 0.2) is 0 Å². The molecule has 0 saturated heterocycles. The van der Waals surface area contributed by atoms with Gasteiger partial charge in [0.1, 0.15) is 22.3 Å². The van der Waals surface area contributed by atoms with Gasteiger partial charge in [-0.05, 0) is 218 Å². The van der Waals surface area contributed by atoms with Crippen molar-refractivity contribution in [3.63, 3.8) is 0 Å². The molecule has 24 rings (SSSR count). The van der Waals surface area contributed by atoms with Gasteiger partial charge in [-0.15, -0.1) is 0 Å². The molecule has 0 N–H and O–H groups in total. The Balaban J connectivity index is 0.000000145. The third kappa shape index (κ3) is 12.9. The second-order valence-corrected chi connectivity index (χ2v) is 34.5. The average Bonchev–Trinajstić information content (AvgIpc) is 1.55. The molecule has 0 radical (unpaired) electrons. The molecule has 2 aliphatic rings. The number of furan rings is 2. The molecule has 0 amide bonds. The summed E-state index contributed by atoms with van der Waals surface area (Å²) in [6, 6.07) is 163. The SMILES string of the molecule is CC1(C)c2cc(-c3ccccc3)ccc2-c2ccc(N(c3ccc(-c4ccc(-c5ccccc5)cc4)cc3)c3ccc(-c4cccc5c4oc4ccccc45)c4ccccc34)cc21.CC1(C)c2cc(-c3ccccc3)ccc2-c2ccc(N(c3ccc(-c4cccc5c4oc4ccccc45)cc3)c3ccc(-c4ccc(-c5ccccc5)cc4)c4ccccc34)cc21. The highest BCUT2D eigenvalue weighted by molar-refractivity contribution is 6.15. The van der Waals surface area contributed by atoms with Crippen molar-refractivity contribution >= 4 is 99.5 Å². The molecule has 596 valence electrons. The predicted molar refractivity (Wildman–Crippen MR) is 530 cm³/mol. The van der Waals surface area contributed by atoms with Gasteiger partial charge in [0.2, 0.25) is 0 Å². The monoisotopic (exact) mass is 1610 g/mol. The van der Waals surface area contributed by atoms with E-state index in [-0.39, 0.29) is 10.8 Å². The van der Waals surface area contributed by atoms with Crippen molar-refractivity contribution in [1.29, 1.82) is 0 Å². The summed E-state index contributed by atoms with van der Waals surface area (Å²) in [4.78, 5) is 4.90. The fraction of sp³-hybridized carbons (Fsp3) is 0.0492. The Bertz CT molecular complexity index is 7810. The molecule has 0 saturated carbocycles. The molecule has 2 aliphatic carbocycles. The smallest absolute Gasteiger partial charge is 0.143 e. The molecule has 126 heavy (non-hydrogen) atoms. The molecule has 22 aromatic rings. The lowest BCUT2D eigenvalue weighted by atomic mass is 9.81. The van der Waals surface area contributed by atoms with Gasteiger partial charge < -0.3 is 18.6 Å². The van der Waals surface area contributed by atoms with Crippen molar-refractivity contribution in [2.24, 2.45) is 0 Å². The predicted octanol–water partition coefficient (Wildman–Crippen LogP) is 34.4. The topological polar surface area (TPSA) is 32.8 Å². The highest BCUT2D eigenvalue weighted by Crippen LogP contribution is 2.56. The zero-order chi connectivity index (χ0) is 84.1. The number of benzene rings is 20. The molecule has 0 bridgehead atoms. The molecular weight excluding hydrogens is 1530 g/mol. The minimum Gasteiger partial charge on any atom is -0.455 e. The van der Waals surface area contributed by atoms with Crippen LogP contribution in [0.1, 0.15) is 49.9 Å². The van der Waals surface area contributed by atoms with E-state index in [2.05, 4.69) is 468 Å². The molecule has 2 aromatic heterocycles. The Labute approximate surface area is 734 Å². The molecule has 4 heteroatoms. The summed E-state index contributed by atoms with van der Waals surface area (Å²) >= 11 is 0. The van der Waals surface area contributed by atoms with Crippen LogP contribution in [0.25, 0.3) is 177 Å². The maximum atomic E-state index is 6.59. The van der Waals surface area contributed by atoms with Crippen LogP contribution in [0, 0.1) is 0 Å². The standard InChI is InChI=1S/2C61H43NO/c1-61(2)56-38-45(41-16-7-4-8-17-41)30-34-51(56)52-35-33-47(39-57(52)61)62(46-31-28-44(29-32-46)49-21-13-22-55-54-20-11-12-23-59(54)63-60(49)55)58-37-36-48(50-18-9-10-19-53(50)58)43-26-24-42(25-27-43)40-14-5-3-6-15-40;1-61(2)56-38-45(41-16-7-4-8-17-41)30-34-50(56)51-35-33-47(39-57(51)61)62(46-31-28-44(29-32-46)43-26-24-42(25-27-43)40-14-5-3-6-15-40)58-37-36-49(48-18-9-10-19-52(48)58)54-21-13-22-55-53-20-11-12-23-59(53)63-60(54)55/h2*3-39H,1-2H3. The number of hydrogen-bond acceptors (Lipinski definition) is 4. The van der Waals surface area contributed by atoms with Crippen LogP contribution < -0.4 is 9.80 Å². The molecule has 20 aromatic carbocycles. The first-order valence-electron chi connectivity index (χ1n) is 43.7. The first kappa shape index (κ1) is 75.1. The zero-order valence-corrected chi connectivity index (χ0v) is 70.4. The Morgan fingerprint density at radius 3 is 0.865 bits per heavy atom. The third-order valence-electron chi connectivity index (χ3n) is 26.6. The number of para-hydroxylation sites is 4. The summed E-state index contributed by atoms with van der Waals surface area (Å²) in [5.74, 6) is 0. The van der Waals surface area contributed by atoms with E-state index in [4.69, 9.17) is 8.83 Å². The van der Waals surface area contributed by atoms with Gasteiger partial charge in [-0.1, -0.05) is 392 Å². The first-order valence-corrected chi connectivity index (χ1v) is 43.7.